The van der Waals surface area contributed by atoms with Gasteiger partial charge in [0.05, 0.1) is 17.1 Å². The van der Waals surface area contributed by atoms with Crippen LogP contribution in [0.15, 0.2) is 0 Å². The Morgan fingerprint density at radius 1 is 1.12 bits per heavy atom. The second-order valence-corrected chi connectivity index (χ2v) is 6.12. The fraction of sp³-hybridized carbons (Fsp3) is 0.933. The Morgan fingerprint density at radius 2 is 1.65 bits per heavy atom. The molecule has 0 atom stereocenters. The van der Waals surface area contributed by atoms with Crippen molar-refractivity contribution in [1.82, 2.24) is 0 Å². The van der Waals surface area contributed by atoms with Crippen LogP contribution in [-0.4, -0.2) is 12.7 Å². The Balaban J connectivity index is 2.57. The lowest BCUT2D eigenvalue weighted by atomic mass is 9.73. The number of nitrogens with zero attached hydrogens (tertiary/aromatic N) is 1. The molecule has 0 aromatic rings. The van der Waals surface area contributed by atoms with Crippen LogP contribution in [0, 0.1) is 16.7 Å². The fourth-order valence-electron chi connectivity index (χ4n) is 2.64. The Kier molecular flexibility index (Phi) is 5.46. The molecule has 1 saturated carbocycles. The summed E-state index contributed by atoms with van der Waals surface area (Å²) in [7, 11) is 1.76. The van der Waals surface area contributed by atoms with Gasteiger partial charge < -0.3 is 4.74 Å². The number of rotatable bonds is 4. The lowest BCUT2D eigenvalue weighted by Gasteiger charge is -2.32. The van der Waals surface area contributed by atoms with Crippen LogP contribution >= 0.6 is 0 Å². The molecule has 1 fully saturated rings. The molecule has 0 aromatic heterocycles. The first kappa shape index (κ1) is 14.5. The van der Waals surface area contributed by atoms with Crippen LogP contribution in [-0.2, 0) is 4.74 Å². The van der Waals surface area contributed by atoms with Crippen molar-refractivity contribution in [3.63, 3.8) is 0 Å². The van der Waals surface area contributed by atoms with E-state index in [2.05, 4.69) is 19.9 Å². The van der Waals surface area contributed by atoms with Crippen LogP contribution in [0.1, 0.15) is 71.6 Å². The molecule has 0 aliphatic heterocycles. The fourth-order valence-corrected chi connectivity index (χ4v) is 2.64. The van der Waals surface area contributed by atoms with Crippen molar-refractivity contribution < 1.29 is 4.74 Å². The summed E-state index contributed by atoms with van der Waals surface area (Å²) < 4.78 is 5.46. The summed E-state index contributed by atoms with van der Waals surface area (Å²) in [6.45, 7) is 4.22. The second-order valence-electron chi connectivity index (χ2n) is 6.12. The molecule has 0 radical (unpaired) electrons. The number of nitriles is 1. The number of hydrogen-bond acceptors (Lipinski definition) is 2. The lowest BCUT2D eigenvalue weighted by molar-refractivity contribution is 0.00551. The van der Waals surface area contributed by atoms with E-state index in [-0.39, 0.29) is 11.0 Å². The largest absolute Gasteiger partial charge is 0.379 e. The van der Waals surface area contributed by atoms with Crippen LogP contribution in [0.5, 0.6) is 0 Å². The van der Waals surface area contributed by atoms with E-state index in [1.54, 1.807) is 7.11 Å². The minimum Gasteiger partial charge on any atom is -0.379 e. The molecule has 0 amide bonds. The first-order chi connectivity index (χ1) is 8.04. The average molecular weight is 237 g/mol. The maximum Gasteiger partial charge on any atom is 0.0689 e. The molecule has 98 valence electrons. The van der Waals surface area contributed by atoms with Crippen molar-refractivity contribution in [2.75, 3.05) is 7.11 Å². The van der Waals surface area contributed by atoms with Gasteiger partial charge in [0, 0.05) is 7.11 Å². The van der Waals surface area contributed by atoms with Gasteiger partial charge in [0.1, 0.15) is 0 Å². The van der Waals surface area contributed by atoms with Crippen LogP contribution in [0.4, 0.5) is 0 Å². The predicted octanol–water partition coefficient (Wildman–Crippen LogP) is 4.45. The maximum absolute atomic E-state index is 9.54. The van der Waals surface area contributed by atoms with Crippen molar-refractivity contribution in [1.29, 1.82) is 5.26 Å². The monoisotopic (exact) mass is 237 g/mol. The van der Waals surface area contributed by atoms with E-state index >= 15 is 0 Å². The third-order valence-electron chi connectivity index (χ3n) is 4.31. The first-order valence-electron chi connectivity index (χ1n) is 7.00. The van der Waals surface area contributed by atoms with E-state index < -0.39 is 0 Å². The zero-order chi connectivity index (χ0) is 12.8. The van der Waals surface area contributed by atoms with E-state index in [0.29, 0.717) is 0 Å². The highest BCUT2D eigenvalue weighted by atomic mass is 16.5. The molecule has 0 N–H and O–H groups in total. The first-order valence-corrected chi connectivity index (χ1v) is 7.00. The summed E-state index contributed by atoms with van der Waals surface area (Å²) in [6.07, 6.45) is 10.6. The third-order valence-corrected chi connectivity index (χ3v) is 4.31. The smallest absolute Gasteiger partial charge is 0.0689 e. The molecule has 1 aliphatic rings. The normalized spacial score (nSPS) is 21.3. The van der Waals surface area contributed by atoms with Gasteiger partial charge in [0.15, 0.2) is 0 Å². The second kappa shape index (κ2) is 6.40. The Labute approximate surface area is 106 Å². The Hall–Kier alpha value is -0.550. The van der Waals surface area contributed by atoms with Gasteiger partial charge in [-0.15, -0.1) is 0 Å². The summed E-state index contributed by atoms with van der Waals surface area (Å²) in [5.41, 5.74) is -0.164. The highest BCUT2D eigenvalue weighted by molar-refractivity contribution is 5.00. The van der Waals surface area contributed by atoms with Gasteiger partial charge in [0.2, 0.25) is 0 Å². The molecule has 2 nitrogen and oxygen atoms in total. The van der Waals surface area contributed by atoms with Crippen LogP contribution < -0.4 is 0 Å². The molecule has 0 bridgehead atoms. The highest BCUT2D eigenvalue weighted by Crippen LogP contribution is 2.39. The molecule has 0 spiro atoms. The molecule has 1 rings (SSSR count). The highest BCUT2D eigenvalue weighted by Gasteiger charge is 2.32. The van der Waals surface area contributed by atoms with Crippen LogP contribution in [0.3, 0.4) is 0 Å². The van der Waals surface area contributed by atoms with Crippen molar-refractivity contribution in [3.8, 4) is 6.07 Å². The molecule has 2 heteroatoms. The van der Waals surface area contributed by atoms with Gasteiger partial charge in [0.25, 0.3) is 0 Å². The number of hydrogen-bond donors (Lipinski definition) is 0. The van der Waals surface area contributed by atoms with Crippen molar-refractivity contribution >= 4 is 0 Å². The summed E-state index contributed by atoms with van der Waals surface area (Å²) >= 11 is 0. The average Bonchev–Trinajstić information content (AvgIpc) is 2.29. The summed E-state index contributed by atoms with van der Waals surface area (Å²) in [4.78, 5) is 0. The number of methoxy groups -OCH3 is 1. The SMILES string of the molecule is COC(C)(C)CCC1(C#N)CCCCCCC1. The van der Waals surface area contributed by atoms with Gasteiger partial charge in [-0.25, -0.2) is 0 Å². The van der Waals surface area contributed by atoms with E-state index in [9.17, 15) is 5.26 Å². The molecule has 0 saturated heterocycles. The van der Waals surface area contributed by atoms with Gasteiger partial charge in [-0.3, -0.25) is 0 Å². The zero-order valence-corrected chi connectivity index (χ0v) is 11.7. The van der Waals surface area contributed by atoms with Crippen LogP contribution in [0.2, 0.25) is 0 Å². The summed E-state index contributed by atoms with van der Waals surface area (Å²) in [6, 6.07) is 2.63. The van der Waals surface area contributed by atoms with Crippen molar-refractivity contribution in [2.24, 2.45) is 5.41 Å². The van der Waals surface area contributed by atoms with Gasteiger partial charge in [-0.05, 0) is 39.5 Å². The van der Waals surface area contributed by atoms with Crippen LogP contribution in [0.25, 0.3) is 0 Å². The van der Waals surface area contributed by atoms with E-state index in [1.807, 2.05) is 0 Å². The topological polar surface area (TPSA) is 33.0 Å². The van der Waals surface area contributed by atoms with E-state index in [0.717, 1.165) is 25.7 Å². The van der Waals surface area contributed by atoms with Crippen molar-refractivity contribution in [3.05, 3.63) is 0 Å². The van der Waals surface area contributed by atoms with Gasteiger partial charge >= 0.3 is 0 Å². The maximum atomic E-state index is 9.54. The Bertz CT molecular complexity index is 257. The summed E-state index contributed by atoms with van der Waals surface area (Å²) in [5, 5.41) is 9.54. The molecule has 0 aromatic carbocycles. The summed E-state index contributed by atoms with van der Waals surface area (Å²) in [5.74, 6) is 0. The number of ether oxygens (including phenoxy) is 1. The lowest BCUT2D eigenvalue weighted by Crippen LogP contribution is -2.28. The quantitative estimate of drug-likeness (QED) is 0.724. The molecule has 0 heterocycles. The van der Waals surface area contributed by atoms with E-state index in [4.69, 9.17) is 4.74 Å². The predicted molar refractivity (Wildman–Crippen MR) is 70.7 cm³/mol. The molecule has 17 heavy (non-hydrogen) atoms. The molecule has 1 aliphatic carbocycles. The zero-order valence-electron chi connectivity index (χ0n) is 11.7. The van der Waals surface area contributed by atoms with Gasteiger partial charge in [-0.2, -0.15) is 5.26 Å². The molecule has 0 unspecified atom stereocenters. The molecular formula is C15H27NO. The van der Waals surface area contributed by atoms with Crippen molar-refractivity contribution in [2.45, 2.75) is 77.2 Å². The standard InChI is InChI=1S/C15H27NO/c1-14(2,17-3)11-12-15(13-16)9-7-5-4-6-8-10-15/h4-12H2,1-3H3. The molecular weight excluding hydrogens is 210 g/mol. The minimum absolute atomic E-state index is 0.0732. The third kappa shape index (κ3) is 4.68. The Morgan fingerprint density at radius 3 is 2.12 bits per heavy atom. The van der Waals surface area contributed by atoms with E-state index in [1.165, 1.54) is 32.1 Å². The minimum atomic E-state index is -0.0911. The van der Waals surface area contributed by atoms with Gasteiger partial charge in [-0.1, -0.05) is 32.1 Å².